The van der Waals surface area contributed by atoms with Crippen LogP contribution in [0.25, 0.3) is 0 Å². The number of ether oxygens (including phenoxy) is 2. The van der Waals surface area contributed by atoms with Crippen LogP contribution in [-0.2, 0) is 6.54 Å². The van der Waals surface area contributed by atoms with Gasteiger partial charge in [-0.25, -0.2) is 0 Å². The van der Waals surface area contributed by atoms with Crippen LogP contribution in [-0.4, -0.2) is 12.1 Å². The molecule has 0 atom stereocenters. The Bertz CT molecular complexity index is 455. The maximum Gasteiger partial charge on any atom is 0.222 e. The Balaban J connectivity index is 2.18. The molecule has 1 heterocycles. The Morgan fingerprint density at radius 3 is 2.65 bits per heavy atom. The fraction of sp³-hybridized carbons (Fsp3) is 0.154. The summed E-state index contributed by atoms with van der Waals surface area (Å²) in [5, 5.41) is 0. The van der Waals surface area contributed by atoms with Gasteiger partial charge in [-0.1, -0.05) is 18.2 Å². The molecule has 1 aromatic heterocycles. The number of methoxy groups -OCH3 is 1. The Hall–Kier alpha value is -2.07. The number of pyridine rings is 1. The number of aromatic nitrogens is 1. The fourth-order valence-corrected chi connectivity index (χ4v) is 1.42. The standard InChI is InChI=1S/C13H14N2O2/c1-16-12-6-3-7-13(15-12)17-11-5-2-4-10(8-11)9-14/h2-8H,9,14H2,1H3. The molecule has 0 fully saturated rings. The summed E-state index contributed by atoms with van der Waals surface area (Å²) in [7, 11) is 1.57. The molecule has 0 radical (unpaired) electrons. The second kappa shape index (κ2) is 5.32. The molecular formula is C13H14N2O2. The monoisotopic (exact) mass is 230 g/mol. The van der Waals surface area contributed by atoms with E-state index in [-0.39, 0.29) is 0 Å². The van der Waals surface area contributed by atoms with E-state index in [1.54, 1.807) is 19.2 Å². The van der Waals surface area contributed by atoms with Crippen LogP contribution in [0.2, 0.25) is 0 Å². The van der Waals surface area contributed by atoms with Crippen LogP contribution < -0.4 is 15.2 Å². The molecule has 0 amide bonds. The molecule has 0 aliphatic heterocycles. The lowest BCUT2D eigenvalue weighted by molar-refractivity contribution is 0.383. The zero-order valence-corrected chi connectivity index (χ0v) is 9.59. The number of hydrogen-bond donors (Lipinski definition) is 1. The third-order valence-corrected chi connectivity index (χ3v) is 2.26. The van der Waals surface area contributed by atoms with Crippen LogP contribution >= 0.6 is 0 Å². The molecule has 17 heavy (non-hydrogen) atoms. The van der Waals surface area contributed by atoms with E-state index in [4.69, 9.17) is 15.2 Å². The van der Waals surface area contributed by atoms with Crippen molar-refractivity contribution in [2.75, 3.05) is 7.11 Å². The number of rotatable bonds is 4. The van der Waals surface area contributed by atoms with Crippen molar-refractivity contribution in [3.05, 3.63) is 48.0 Å². The minimum absolute atomic E-state index is 0.489. The van der Waals surface area contributed by atoms with Crippen molar-refractivity contribution in [1.82, 2.24) is 4.98 Å². The van der Waals surface area contributed by atoms with E-state index in [0.717, 1.165) is 5.56 Å². The van der Waals surface area contributed by atoms with Gasteiger partial charge in [0.25, 0.3) is 0 Å². The number of benzene rings is 1. The number of nitrogens with zero attached hydrogens (tertiary/aromatic N) is 1. The van der Waals surface area contributed by atoms with Crippen molar-refractivity contribution in [2.45, 2.75) is 6.54 Å². The molecule has 0 bridgehead atoms. The van der Waals surface area contributed by atoms with Gasteiger partial charge >= 0.3 is 0 Å². The van der Waals surface area contributed by atoms with E-state index in [1.807, 2.05) is 30.3 Å². The molecule has 2 N–H and O–H groups in total. The molecular weight excluding hydrogens is 216 g/mol. The lowest BCUT2D eigenvalue weighted by Gasteiger charge is -2.07. The maximum atomic E-state index is 5.62. The average molecular weight is 230 g/mol. The summed E-state index contributed by atoms with van der Waals surface area (Å²) >= 11 is 0. The van der Waals surface area contributed by atoms with Gasteiger partial charge in [0.1, 0.15) is 5.75 Å². The summed E-state index contributed by atoms with van der Waals surface area (Å²) in [4.78, 5) is 4.17. The highest BCUT2D eigenvalue weighted by Gasteiger charge is 2.01. The molecule has 0 aliphatic carbocycles. The van der Waals surface area contributed by atoms with Gasteiger partial charge in [-0.2, -0.15) is 4.98 Å². The third-order valence-electron chi connectivity index (χ3n) is 2.26. The first-order valence-electron chi connectivity index (χ1n) is 5.30. The quantitative estimate of drug-likeness (QED) is 0.875. The highest BCUT2D eigenvalue weighted by atomic mass is 16.5. The predicted molar refractivity (Wildman–Crippen MR) is 65.2 cm³/mol. The van der Waals surface area contributed by atoms with Crippen molar-refractivity contribution in [1.29, 1.82) is 0 Å². The van der Waals surface area contributed by atoms with Crippen molar-refractivity contribution in [2.24, 2.45) is 5.73 Å². The van der Waals surface area contributed by atoms with Crippen molar-refractivity contribution >= 4 is 0 Å². The van der Waals surface area contributed by atoms with Crippen LogP contribution in [0.1, 0.15) is 5.56 Å². The van der Waals surface area contributed by atoms with Crippen LogP contribution in [0, 0.1) is 0 Å². The highest BCUT2D eigenvalue weighted by molar-refractivity contribution is 5.32. The molecule has 0 saturated heterocycles. The van der Waals surface area contributed by atoms with Crippen molar-refractivity contribution < 1.29 is 9.47 Å². The molecule has 0 unspecified atom stereocenters. The van der Waals surface area contributed by atoms with E-state index in [0.29, 0.717) is 24.1 Å². The highest BCUT2D eigenvalue weighted by Crippen LogP contribution is 2.22. The summed E-state index contributed by atoms with van der Waals surface area (Å²) < 4.78 is 10.6. The van der Waals surface area contributed by atoms with E-state index in [9.17, 15) is 0 Å². The molecule has 0 aliphatic rings. The summed E-state index contributed by atoms with van der Waals surface area (Å²) in [5.74, 6) is 1.74. The normalized spacial score (nSPS) is 10.0. The maximum absolute atomic E-state index is 5.62. The zero-order chi connectivity index (χ0) is 12.1. The van der Waals surface area contributed by atoms with Gasteiger partial charge in [-0.05, 0) is 17.7 Å². The van der Waals surface area contributed by atoms with E-state index < -0.39 is 0 Å². The summed E-state index contributed by atoms with van der Waals surface area (Å²) in [6, 6.07) is 13.0. The number of nitrogens with two attached hydrogens (primary N) is 1. The smallest absolute Gasteiger partial charge is 0.222 e. The zero-order valence-electron chi connectivity index (χ0n) is 9.59. The van der Waals surface area contributed by atoms with Crippen LogP contribution in [0.15, 0.2) is 42.5 Å². The first-order valence-corrected chi connectivity index (χ1v) is 5.30. The van der Waals surface area contributed by atoms with Crippen molar-refractivity contribution in [3.8, 4) is 17.5 Å². The summed E-state index contributed by atoms with van der Waals surface area (Å²) in [6.45, 7) is 0.489. The van der Waals surface area contributed by atoms with Gasteiger partial charge < -0.3 is 15.2 Å². The molecule has 2 rings (SSSR count). The topological polar surface area (TPSA) is 57.4 Å². The van der Waals surface area contributed by atoms with E-state index in [1.165, 1.54) is 0 Å². The van der Waals surface area contributed by atoms with Gasteiger partial charge in [-0.3, -0.25) is 0 Å². The van der Waals surface area contributed by atoms with Crippen LogP contribution in [0.4, 0.5) is 0 Å². The van der Waals surface area contributed by atoms with E-state index in [2.05, 4.69) is 4.98 Å². The van der Waals surface area contributed by atoms with E-state index >= 15 is 0 Å². The molecule has 4 heteroatoms. The van der Waals surface area contributed by atoms with Gasteiger partial charge in [0.2, 0.25) is 11.8 Å². The molecule has 0 saturated carbocycles. The lowest BCUT2D eigenvalue weighted by Crippen LogP contribution is -1.96. The van der Waals surface area contributed by atoms with Crippen molar-refractivity contribution in [3.63, 3.8) is 0 Å². The fourth-order valence-electron chi connectivity index (χ4n) is 1.42. The van der Waals surface area contributed by atoms with Gasteiger partial charge in [0.15, 0.2) is 0 Å². The number of hydrogen-bond acceptors (Lipinski definition) is 4. The van der Waals surface area contributed by atoms with Gasteiger partial charge in [0.05, 0.1) is 7.11 Å². The molecule has 2 aromatic rings. The Morgan fingerprint density at radius 2 is 1.88 bits per heavy atom. The average Bonchev–Trinajstić information content (AvgIpc) is 2.39. The first-order chi connectivity index (χ1) is 8.31. The second-order valence-electron chi connectivity index (χ2n) is 3.47. The van der Waals surface area contributed by atoms with Gasteiger partial charge in [0, 0.05) is 18.7 Å². The summed E-state index contributed by atoms with van der Waals surface area (Å²) in [6.07, 6.45) is 0. The molecule has 1 aromatic carbocycles. The van der Waals surface area contributed by atoms with Crippen LogP contribution in [0.5, 0.6) is 17.5 Å². The predicted octanol–water partition coefficient (Wildman–Crippen LogP) is 2.34. The van der Waals surface area contributed by atoms with Crippen LogP contribution in [0.3, 0.4) is 0 Å². The Morgan fingerprint density at radius 1 is 1.12 bits per heavy atom. The summed E-state index contributed by atoms with van der Waals surface area (Å²) in [5.41, 5.74) is 6.59. The lowest BCUT2D eigenvalue weighted by atomic mass is 10.2. The largest absolute Gasteiger partial charge is 0.481 e. The SMILES string of the molecule is COc1cccc(Oc2cccc(CN)c2)n1. The minimum atomic E-state index is 0.489. The first kappa shape index (κ1) is 11.4. The second-order valence-corrected chi connectivity index (χ2v) is 3.47. The Kier molecular flexibility index (Phi) is 3.57. The minimum Gasteiger partial charge on any atom is -0.481 e. The third kappa shape index (κ3) is 2.95. The molecule has 88 valence electrons. The van der Waals surface area contributed by atoms with Gasteiger partial charge in [-0.15, -0.1) is 0 Å². The Labute approximate surface area is 100 Å². The molecule has 0 spiro atoms. The molecule has 4 nitrogen and oxygen atoms in total.